The molecule has 0 aliphatic carbocycles. The zero-order valence-electron chi connectivity index (χ0n) is 10.2. The fourth-order valence-electron chi connectivity index (χ4n) is 2.70. The highest BCUT2D eigenvalue weighted by molar-refractivity contribution is 6.05. The van der Waals surface area contributed by atoms with Gasteiger partial charge in [-0.05, 0) is 39.7 Å². The maximum atomic E-state index is 14.6. The molecule has 0 bridgehead atoms. The molecule has 0 saturated carbocycles. The molecule has 4 aromatic rings. The Labute approximate surface area is 110 Å². The van der Waals surface area contributed by atoms with E-state index >= 15 is 0 Å². The second-order valence-corrected chi connectivity index (χ2v) is 4.83. The van der Waals surface area contributed by atoms with Gasteiger partial charge in [-0.15, -0.1) is 0 Å². The van der Waals surface area contributed by atoms with E-state index in [-0.39, 0.29) is 5.82 Å². The average Bonchev–Trinajstić information content (AvgIpc) is 2.46. The van der Waals surface area contributed by atoms with Crippen LogP contribution < -0.4 is 0 Å². The van der Waals surface area contributed by atoms with Gasteiger partial charge in [0.2, 0.25) is 0 Å². The minimum Gasteiger partial charge on any atom is -0.206 e. The molecule has 4 rings (SSSR count). The number of hydrogen-bond donors (Lipinski definition) is 0. The normalized spacial score (nSPS) is 11.4. The summed E-state index contributed by atoms with van der Waals surface area (Å²) >= 11 is 0. The van der Waals surface area contributed by atoms with Crippen LogP contribution in [0.5, 0.6) is 0 Å². The molecule has 0 spiro atoms. The Balaban J connectivity index is 2.25. The molecule has 1 heteroatoms. The minimum absolute atomic E-state index is 0.126. The molecule has 0 aromatic heterocycles. The lowest BCUT2D eigenvalue weighted by Gasteiger charge is -2.07. The van der Waals surface area contributed by atoms with Gasteiger partial charge in [0.1, 0.15) is 5.82 Å². The molecule has 0 heterocycles. The van der Waals surface area contributed by atoms with Gasteiger partial charge in [0.15, 0.2) is 0 Å². The highest BCUT2D eigenvalue weighted by Gasteiger charge is 2.07. The lowest BCUT2D eigenvalue weighted by Crippen LogP contribution is -1.84. The predicted octanol–water partition coefficient (Wildman–Crippen LogP) is 5.29. The average molecular weight is 246 g/mol. The van der Waals surface area contributed by atoms with Gasteiger partial charge < -0.3 is 0 Å². The zero-order valence-corrected chi connectivity index (χ0v) is 10.2. The molecular formula is C18H11F. The first-order valence-electron chi connectivity index (χ1n) is 6.33. The Bertz CT molecular complexity index is 917. The van der Waals surface area contributed by atoms with E-state index in [1.807, 2.05) is 48.5 Å². The molecule has 90 valence electrons. The van der Waals surface area contributed by atoms with Crippen molar-refractivity contribution in [2.75, 3.05) is 0 Å². The van der Waals surface area contributed by atoms with Crippen LogP contribution in [0.3, 0.4) is 0 Å². The molecular weight excluding hydrogens is 235 g/mol. The Morgan fingerprint density at radius 3 is 1.89 bits per heavy atom. The van der Waals surface area contributed by atoms with E-state index in [0.717, 1.165) is 21.5 Å². The fourth-order valence-corrected chi connectivity index (χ4v) is 2.70. The van der Waals surface area contributed by atoms with Gasteiger partial charge in [0.25, 0.3) is 0 Å². The third-order valence-electron chi connectivity index (χ3n) is 3.66. The first kappa shape index (κ1) is 10.5. The molecule has 0 aliphatic rings. The topological polar surface area (TPSA) is 0 Å². The van der Waals surface area contributed by atoms with Crippen molar-refractivity contribution >= 4 is 32.3 Å². The summed E-state index contributed by atoms with van der Waals surface area (Å²) in [5.74, 6) is -0.126. The van der Waals surface area contributed by atoms with Crippen LogP contribution in [0.25, 0.3) is 32.3 Å². The van der Waals surface area contributed by atoms with Gasteiger partial charge in [-0.25, -0.2) is 4.39 Å². The lowest BCUT2D eigenvalue weighted by molar-refractivity contribution is 0.651. The van der Waals surface area contributed by atoms with Gasteiger partial charge in [-0.1, -0.05) is 48.5 Å². The summed E-state index contributed by atoms with van der Waals surface area (Å²) in [5, 5.41) is 5.49. The second kappa shape index (κ2) is 3.79. The van der Waals surface area contributed by atoms with Crippen LogP contribution in [-0.4, -0.2) is 0 Å². The minimum atomic E-state index is -0.126. The van der Waals surface area contributed by atoms with Crippen molar-refractivity contribution in [3.05, 3.63) is 72.5 Å². The largest absolute Gasteiger partial charge is 0.206 e. The van der Waals surface area contributed by atoms with Gasteiger partial charge in [0.05, 0.1) is 0 Å². The quantitative estimate of drug-likeness (QED) is 0.370. The Hall–Kier alpha value is -2.41. The van der Waals surface area contributed by atoms with Crippen LogP contribution in [0.2, 0.25) is 0 Å². The fraction of sp³-hybridized carbons (Fsp3) is 0. The van der Waals surface area contributed by atoms with Crippen molar-refractivity contribution in [1.82, 2.24) is 0 Å². The summed E-state index contributed by atoms with van der Waals surface area (Å²) in [6.07, 6.45) is 0. The van der Waals surface area contributed by atoms with E-state index < -0.39 is 0 Å². The smallest absolute Gasteiger partial charge is 0.138 e. The molecule has 0 radical (unpaired) electrons. The first-order chi connectivity index (χ1) is 9.33. The molecule has 0 N–H and O–H groups in total. The predicted molar refractivity (Wildman–Crippen MR) is 78.9 cm³/mol. The second-order valence-electron chi connectivity index (χ2n) is 4.83. The van der Waals surface area contributed by atoms with Crippen LogP contribution >= 0.6 is 0 Å². The van der Waals surface area contributed by atoms with Crippen LogP contribution in [0.1, 0.15) is 0 Å². The van der Waals surface area contributed by atoms with Gasteiger partial charge in [0, 0.05) is 10.8 Å². The Kier molecular flexibility index (Phi) is 2.10. The third-order valence-corrected chi connectivity index (χ3v) is 3.66. The number of halogens is 1. The van der Waals surface area contributed by atoms with Crippen LogP contribution in [0.15, 0.2) is 66.7 Å². The van der Waals surface area contributed by atoms with E-state index in [9.17, 15) is 4.39 Å². The Morgan fingerprint density at radius 1 is 0.526 bits per heavy atom. The van der Waals surface area contributed by atoms with E-state index in [1.54, 1.807) is 0 Å². The molecule has 0 unspecified atom stereocenters. The number of fused-ring (bicyclic) bond motifs is 3. The molecule has 0 aliphatic heterocycles. The highest BCUT2D eigenvalue weighted by atomic mass is 19.1. The summed E-state index contributed by atoms with van der Waals surface area (Å²) < 4.78 is 14.6. The van der Waals surface area contributed by atoms with Crippen LogP contribution in [-0.2, 0) is 0 Å². The first-order valence-corrected chi connectivity index (χ1v) is 6.33. The number of benzene rings is 4. The standard InChI is InChI=1S/C18H11F/c19-18-16-8-4-3-7-14(16)10-15-9-12-5-1-2-6-13(12)11-17(15)18/h1-11H. The number of hydrogen-bond acceptors (Lipinski definition) is 0. The van der Waals surface area contributed by atoms with Crippen molar-refractivity contribution in [2.45, 2.75) is 0 Å². The summed E-state index contributed by atoms with van der Waals surface area (Å²) in [6.45, 7) is 0. The maximum Gasteiger partial charge on any atom is 0.138 e. The third kappa shape index (κ3) is 1.52. The molecule has 19 heavy (non-hydrogen) atoms. The lowest BCUT2D eigenvalue weighted by atomic mass is 9.99. The number of rotatable bonds is 0. The summed E-state index contributed by atoms with van der Waals surface area (Å²) in [4.78, 5) is 0. The SMILES string of the molecule is Fc1c2ccccc2cc2cc3ccccc3cc12. The summed E-state index contributed by atoms with van der Waals surface area (Å²) in [6, 6.07) is 21.7. The molecule has 0 nitrogen and oxygen atoms in total. The molecule has 0 fully saturated rings. The van der Waals surface area contributed by atoms with Crippen LogP contribution in [0, 0.1) is 5.82 Å². The van der Waals surface area contributed by atoms with E-state index in [1.165, 1.54) is 0 Å². The maximum absolute atomic E-state index is 14.6. The molecule has 0 atom stereocenters. The van der Waals surface area contributed by atoms with Gasteiger partial charge in [-0.3, -0.25) is 0 Å². The zero-order chi connectivity index (χ0) is 12.8. The van der Waals surface area contributed by atoms with Crippen molar-refractivity contribution in [3.8, 4) is 0 Å². The highest BCUT2D eigenvalue weighted by Crippen LogP contribution is 2.30. The van der Waals surface area contributed by atoms with E-state index in [4.69, 9.17) is 0 Å². The van der Waals surface area contributed by atoms with Crippen molar-refractivity contribution in [3.63, 3.8) is 0 Å². The van der Waals surface area contributed by atoms with Gasteiger partial charge >= 0.3 is 0 Å². The van der Waals surface area contributed by atoms with Crippen molar-refractivity contribution < 1.29 is 4.39 Å². The monoisotopic (exact) mass is 246 g/mol. The summed E-state index contributed by atoms with van der Waals surface area (Å²) in [5.41, 5.74) is 0. The molecule has 4 aromatic carbocycles. The molecule has 0 amide bonds. The van der Waals surface area contributed by atoms with Crippen LogP contribution in [0.4, 0.5) is 4.39 Å². The van der Waals surface area contributed by atoms with Gasteiger partial charge in [-0.2, -0.15) is 0 Å². The van der Waals surface area contributed by atoms with E-state index in [0.29, 0.717) is 10.8 Å². The molecule has 0 saturated heterocycles. The van der Waals surface area contributed by atoms with E-state index in [2.05, 4.69) is 18.2 Å². The van der Waals surface area contributed by atoms with Crippen molar-refractivity contribution in [1.29, 1.82) is 0 Å². The van der Waals surface area contributed by atoms with Crippen molar-refractivity contribution in [2.24, 2.45) is 0 Å². The summed E-state index contributed by atoms with van der Waals surface area (Å²) in [7, 11) is 0. The Morgan fingerprint density at radius 2 is 1.11 bits per heavy atom.